The molecule has 7 nitrogen and oxygen atoms in total. The molecule has 110 valence electrons. The van der Waals surface area contributed by atoms with Crippen molar-refractivity contribution in [2.24, 2.45) is 0 Å². The van der Waals surface area contributed by atoms with Crippen LogP contribution in [0.1, 0.15) is 26.2 Å². The zero-order chi connectivity index (χ0) is 14.5. The van der Waals surface area contributed by atoms with Gasteiger partial charge in [0.1, 0.15) is 6.04 Å². The van der Waals surface area contributed by atoms with Gasteiger partial charge in [-0.25, -0.2) is 8.42 Å². The van der Waals surface area contributed by atoms with Crippen LogP contribution < -0.4 is 0 Å². The maximum absolute atomic E-state index is 12.1. The molecule has 1 saturated heterocycles. The predicted octanol–water partition coefficient (Wildman–Crippen LogP) is -0.0932. The highest BCUT2D eigenvalue weighted by Gasteiger charge is 2.39. The van der Waals surface area contributed by atoms with Crippen molar-refractivity contribution in [2.45, 2.75) is 32.2 Å². The van der Waals surface area contributed by atoms with Crippen LogP contribution in [0.2, 0.25) is 0 Å². The average Bonchev–Trinajstić information content (AvgIpc) is 2.86. The Balaban J connectivity index is 2.70. The Morgan fingerprint density at radius 1 is 1.37 bits per heavy atom. The summed E-state index contributed by atoms with van der Waals surface area (Å²) in [7, 11) is -2.45. The van der Waals surface area contributed by atoms with E-state index in [-0.39, 0.29) is 25.3 Å². The van der Waals surface area contributed by atoms with Crippen molar-refractivity contribution in [3.05, 3.63) is 0 Å². The van der Waals surface area contributed by atoms with Crippen LogP contribution in [0.5, 0.6) is 0 Å². The van der Waals surface area contributed by atoms with Gasteiger partial charge in [-0.3, -0.25) is 9.59 Å². The van der Waals surface area contributed by atoms with E-state index < -0.39 is 28.0 Å². The molecule has 1 unspecified atom stereocenters. The molecule has 0 spiro atoms. The Labute approximate surface area is 112 Å². The van der Waals surface area contributed by atoms with Crippen molar-refractivity contribution >= 4 is 22.0 Å². The molecule has 1 rings (SSSR count). The highest BCUT2D eigenvalue weighted by atomic mass is 32.2. The summed E-state index contributed by atoms with van der Waals surface area (Å²) >= 11 is 0. The molecule has 0 aromatic rings. The average molecular weight is 293 g/mol. The molecule has 0 aromatic heterocycles. The molecular formula is C11H19NO6S. The third-order valence-corrected chi connectivity index (χ3v) is 4.78. The second-order valence-electron chi connectivity index (χ2n) is 4.16. The van der Waals surface area contributed by atoms with Gasteiger partial charge in [-0.2, -0.15) is 4.31 Å². The summed E-state index contributed by atoms with van der Waals surface area (Å²) in [5.74, 6) is -1.47. The zero-order valence-corrected chi connectivity index (χ0v) is 11.9. The lowest BCUT2D eigenvalue weighted by Gasteiger charge is -2.22. The van der Waals surface area contributed by atoms with E-state index in [0.717, 1.165) is 4.31 Å². The summed E-state index contributed by atoms with van der Waals surface area (Å²) in [6, 6.07) is -0.761. The number of methoxy groups -OCH3 is 1. The molecule has 0 saturated carbocycles. The highest BCUT2D eigenvalue weighted by Crippen LogP contribution is 2.22. The van der Waals surface area contributed by atoms with Crippen LogP contribution in [-0.4, -0.2) is 56.7 Å². The summed E-state index contributed by atoms with van der Waals surface area (Å²) in [5.41, 5.74) is 0. The molecule has 1 heterocycles. The van der Waals surface area contributed by atoms with E-state index in [1.54, 1.807) is 6.92 Å². The van der Waals surface area contributed by atoms with E-state index >= 15 is 0 Å². The van der Waals surface area contributed by atoms with E-state index in [1.165, 1.54) is 7.11 Å². The maximum atomic E-state index is 12.1. The summed E-state index contributed by atoms with van der Waals surface area (Å²) in [6.07, 6.45) is 0.849. The first-order valence-electron chi connectivity index (χ1n) is 6.15. The lowest BCUT2D eigenvalue weighted by atomic mass is 10.2. The molecule has 1 aliphatic rings. The Hall–Kier alpha value is -1.15. The molecule has 1 fully saturated rings. The van der Waals surface area contributed by atoms with E-state index in [0.29, 0.717) is 12.8 Å². The largest absolute Gasteiger partial charge is 0.469 e. The Kier molecular flexibility index (Phi) is 5.74. The number of sulfonamides is 1. The Bertz CT molecular complexity index is 432. The van der Waals surface area contributed by atoms with Crippen LogP contribution in [0, 0.1) is 0 Å². The van der Waals surface area contributed by atoms with Gasteiger partial charge in [-0.1, -0.05) is 0 Å². The summed E-state index contributed by atoms with van der Waals surface area (Å²) < 4.78 is 34.6. The van der Waals surface area contributed by atoms with Gasteiger partial charge in [-0.05, 0) is 19.8 Å². The minimum atomic E-state index is -3.65. The van der Waals surface area contributed by atoms with Gasteiger partial charge in [0.05, 0.1) is 25.9 Å². The van der Waals surface area contributed by atoms with E-state index in [9.17, 15) is 18.0 Å². The number of esters is 2. The van der Waals surface area contributed by atoms with Crippen molar-refractivity contribution in [3.63, 3.8) is 0 Å². The van der Waals surface area contributed by atoms with Crippen molar-refractivity contribution in [1.82, 2.24) is 4.31 Å². The topological polar surface area (TPSA) is 90.0 Å². The maximum Gasteiger partial charge on any atom is 0.324 e. The monoisotopic (exact) mass is 293 g/mol. The molecule has 1 aliphatic heterocycles. The molecule has 0 aromatic carbocycles. The molecular weight excluding hydrogens is 274 g/mol. The second kappa shape index (κ2) is 6.85. The minimum Gasteiger partial charge on any atom is -0.469 e. The van der Waals surface area contributed by atoms with Crippen LogP contribution in [0.25, 0.3) is 0 Å². The summed E-state index contributed by atoms with van der Waals surface area (Å²) in [4.78, 5) is 22.7. The van der Waals surface area contributed by atoms with Gasteiger partial charge >= 0.3 is 11.9 Å². The molecule has 0 bridgehead atoms. The predicted molar refractivity (Wildman–Crippen MR) is 66.8 cm³/mol. The minimum absolute atomic E-state index is 0.214. The molecule has 8 heteroatoms. The highest BCUT2D eigenvalue weighted by molar-refractivity contribution is 7.89. The molecule has 0 N–H and O–H groups in total. The number of nitrogens with zero attached hydrogens (tertiary/aromatic N) is 1. The fourth-order valence-electron chi connectivity index (χ4n) is 1.98. The number of carbonyl (C=O) groups is 2. The van der Waals surface area contributed by atoms with Gasteiger partial charge in [0, 0.05) is 6.54 Å². The van der Waals surface area contributed by atoms with E-state index in [2.05, 4.69) is 4.74 Å². The zero-order valence-electron chi connectivity index (χ0n) is 11.1. The fraction of sp³-hybridized carbons (Fsp3) is 0.818. The molecule has 19 heavy (non-hydrogen) atoms. The smallest absolute Gasteiger partial charge is 0.324 e. The number of ether oxygens (including phenoxy) is 2. The molecule has 0 amide bonds. The van der Waals surface area contributed by atoms with Crippen LogP contribution in [0.15, 0.2) is 0 Å². The summed E-state index contributed by atoms with van der Waals surface area (Å²) in [6.45, 7) is 2.17. The number of carbonyl (C=O) groups excluding carboxylic acids is 2. The normalized spacial score (nSPS) is 20.2. The third-order valence-electron chi connectivity index (χ3n) is 2.91. The number of hydrogen-bond donors (Lipinski definition) is 0. The Morgan fingerprint density at radius 3 is 2.63 bits per heavy atom. The van der Waals surface area contributed by atoms with Crippen molar-refractivity contribution in [1.29, 1.82) is 0 Å². The lowest BCUT2D eigenvalue weighted by Crippen LogP contribution is -2.42. The first-order valence-corrected chi connectivity index (χ1v) is 7.76. The van der Waals surface area contributed by atoms with Gasteiger partial charge in [0.15, 0.2) is 0 Å². The van der Waals surface area contributed by atoms with Gasteiger partial charge in [0.2, 0.25) is 10.0 Å². The van der Waals surface area contributed by atoms with Crippen LogP contribution in [0.3, 0.4) is 0 Å². The Morgan fingerprint density at radius 2 is 2.05 bits per heavy atom. The standard InChI is InChI=1S/C11H19NO6S/c1-3-18-11(14)9-5-4-7-12(9)19(15,16)8-6-10(13)17-2/h9H,3-8H2,1-2H3. The molecule has 1 atom stereocenters. The molecule has 0 radical (unpaired) electrons. The van der Waals surface area contributed by atoms with Crippen LogP contribution in [0.4, 0.5) is 0 Å². The number of hydrogen-bond acceptors (Lipinski definition) is 6. The van der Waals surface area contributed by atoms with Crippen molar-refractivity contribution < 1.29 is 27.5 Å². The van der Waals surface area contributed by atoms with Gasteiger partial charge in [-0.15, -0.1) is 0 Å². The second-order valence-corrected chi connectivity index (χ2v) is 6.20. The molecule has 0 aliphatic carbocycles. The van der Waals surface area contributed by atoms with Gasteiger partial charge < -0.3 is 9.47 Å². The van der Waals surface area contributed by atoms with Crippen molar-refractivity contribution in [3.8, 4) is 0 Å². The van der Waals surface area contributed by atoms with Gasteiger partial charge in [0.25, 0.3) is 0 Å². The SMILES string of the molecule is CCOC(=O)C1CCCN1S(=O)(=O)CCC(=O)OC. The fourth-order valence-corrected chi connectivity index (χ4v) is 3.62. The summed E-state index contributed by atoms with van der Waals surface area (Å²) in [5, 5.41) is 0. The first kappa shape index (κ1) is 15.9. The quantitative estimate of drug-likeness (QED) is 0.636. The van der Waals surface area contributed by atoms with Crippen LogP contribution >= 0.6 is 0 Å². The first-order chi connectivity index (χ1) is 8.92. The van der Waals surface area contributed by atoms with Crippen LogP contribution in [-0.2, 0) is 29.1 Å². The lowest BCUT2D eigenvalue weighted by molar-refractivity contribution is -0.146. The number of rotatable bonds is 6. The third kappa shape index (κ3) is 4.17. The van der Waals surface area contributed by atoms with E-state index in [1.807, 2.05) is 0 Å². The van der Waals surface area contributed by atoms with E-state index in [4.69, 9.17) is 4.74 Å². The van der Waals surface area contributed by atoms with Crippen molar-refractivity contribution in [2.75, 3.05) is 26.0 Å².